The Bertz CT molecular complexity index is 821. The number of halogens is 4. The minimum Gasteiger partial charge on any atom is -0.399 e. The second kappa shape index (κ2) is 4.47. The zero-order valence-corrected chi connectivity index (χ0v) is 10.5. The second-order valence-corrected chi connectivity index (χ2v) is 4.59. The van der Waals surface area contributed by atoms with Crippen molar-refractivity contribution < 1.29 is 17.6 Å². The van der Waals surface area contributed by atoms with Crippen LogP contribution < -0.4 is 5.73 Å². The maximum atomic E-state index is 13.1. The average Bonchev–Trinajstić information content (AvgIpc) is 2.80. The third-order valence-electron chi connectivity index (χ3n) is 3.00. The quantitative estimate of drug-likeness (QED) is 0.527. The fourth-order valence-corrected chi connectivity index (χ4v) is 2.07. The number of benzene rings is 2. The number of nitrogens with zero attached hydrogens (tertiary/aromatic N) is 1. The van der Waals surface area contributed by atoms with Gasteiger partial charge in [-0.05, 0) is 36.4 Å². The van der Waals surface area contributed by atoms with Crippen molar-refractivity contribution >= 4 is 16.7 Å². The number of aromatic amines is 1. The number of nitrogens with two attached hydrogens (primary N) is 1. The fourth-order valence-electron chi connectivity index (χ4n) is 2.07. The van der Waals surface area contributed by atoms with Crippen molar-refractivity contribution in [3.8, 4) is 11.4 Å². The first kappa shape index (κ1) is 13.4. The summed E-state index contributed by atoms with van der Waals surface area (Å²) >= 11 is 0. The molecule has 3 aromatic rings. The molecule has 0 radical (unpaired) electrons. The predicted molar refractivity (Wildman–Crippen MR) is 70.9 cm³/mol. The molecule has 0 saturated carbocycles. The van der Waals surface area contributed by atoms with Gasteiger partial charge >= 0.3 is 6.18 Å². The van der Waals surface area contributed by atoms with Crippen LogP contribution in [0.3, 0.4) is 0 Å². The van der Waals surface area contributed by atoms with E-state index in [2.05, 4.69) is 9.97 Å². The van der Waals surface area contributed by atoms with Crippen molar-refractivity contribution in [3.63, 3.8) is 0 Å². The van der Waals surface area contributed by atoms with Gasteiger partial charge in [-0.3, -0.25) is 0 Å². The molecule has 0 fully saturated rings. The average molecular weight is 295 g/mol. The predicted octanol–water partition coefficient (Wildman–Crippen LogP) is 3.97. The molecule has 0 aliphatic carbocycles. The van der Waals surface area contributed by atoms with Crippen molar-refractivity contribution in [2.45, 2.75) is 6.18 Å². The molecule has 21 heavy (non-hydrogen) atoms. The number of fused-ring (bicyclic) bond motifs is 1. The minimum absolute atomic E-state index is 0.0218. The number of hydrogen-bond acceptors (Lipinski definition) is 2. The second-order valence-electron chi connectivity index (χ2n) is 4.59. The molecule has 0 aliphatic rings. The Labute approximate surface area is 116 Å². The van der Waals surface area contributed by atoms with Gasteiger partial charge in [0.15, 0.2) is 0 Å². The van der Waals surface area contributed by atoms with Crippen molar-refractivity contribution in [1.29, 1.82) is 0 Å². The van der Waals surface area contributed by atoms with E-state index in [9.17, 15) is 17.6 Å². The van der Waals surface area contributed by atoms with E-state index in [1.165, 1.54) is 24.3 Å². The maximum Gasteiger partial charge on any atom is 0.416 e. The molecule has 108 valence electrons. The highest BCUT2D eigenvalue weighted by Crippen LogP contribution is 2.34. The Morgan fingerprint density at radius 3 is 2.52 bits per heavy atom. The van der Waals surface area contributed by atoms with Crippen molar-refractivity contribution in [2.75, 3.05) is 5.73 Å². The molecule has 3 nitrogen and oxygen atoms in total. The first-order valence-electron chi connectivity index (χ1n) is 5.96. The van der Waals surface area contributed by atoms with E-state index in [1.807, 2.05) is 0 Å². The summed E-state index contributed by atoms with van der Waals surface area (Å²) in [5.74, 6) is -0.255. The van der Waals surface area contributed by atoms with E-state index in [-0.39, 0.29) is 17.1 Å². The molecule has 3 N–H and O–H groups in total. The Balaban J connectivity index is 2.16. The third-order valence-corrected chi connectivity index (χ3v) is 3.00. The summed E-state index contributed by atoms with van der Waals surface area (Å²) < 4.78 is 51.5. The topological polar surface area (TPSA) is 54.7 Å². The molecule has 0 bridgehead atoms. The number of hydrogen-bond donors (Lipinski definition) is 2. The zero-order chi connectivity index (χ0) is 15.2. The Hall–Kier alpha value is -2.57. The highest BCUT2D eigenvalue weighted by molar-refractivity contribution is 5.80. The number of imidazole rings is 1. The van der Waals surface area contributed by atoms with Gasteiger partial charge in [0.25, 0.3) is 0 Å². The summed E-state index contributed by atoms with van der Waals surface area (Å²) in [5.41, 5.74) is 5.69. The van der Waals surface area contributed by atoms with Crippen LogP contribution in [-0.2, 0) is 6.18 Å². The highest BCUT2D eigenvalue weighted by Gasteiger charge is 2.31. The molecule has 7 heteroatoms. The lowest BCUT2D eigenvalue weighted by atomic mass is 10.1. The molecular formula is C14H9F4N3. The SMILES string of the molecule is Nc1cc(-c2nc3ccc(F)cc3[nH]2)cc(C(F)(F)F)c1. The number of anilines is 1. The lowest BCUT2D eigenvalue weighted by Crippen LogP contribution is -2.06. The molecule has 0 spiro atoms. The number of aromatic nitrogens is 2. The Kier molecular flexibility index (Phi) is 2.86. The highest BCUT2D eigenvalue weighted by atomic mass is 19.4. The number of H-pyrrole nitrogens is 1. The third kappa shape index (κ3) is 2.54. The zero-order valence-electron chi connectivity index (χ0n) is 10.5. The summed E-state index contributed by atoms with van der Waals surface area (Å²) in [6.45, 7) is 0. The van der Waals surface area contributed by atoms with Gasteiger partial charge in [-0.1, -0.05) is 0 Å². The van der Waals surface area contributed by atoms with Crippen LogP contribution in [0.25, 0.3) is 22.4 Å². The summed E-state index contributed by atoms with van der Waals surface area (Å²) in [7, 11) is 0. The van der Waals surface area contributed by atoms with Crippen LogP contribution in [-0.4, -0.2) is 9.97 Å². The molecule has 0 saturated heterocycles. The Morgan fingerprint density at radius 2 is 1.81 bits per heavy atom. The van der Waals surface area contributed by atoms with E-state index >= 15 is 0 Å². The molecule has 0 atom stereocenters. The van der Waals surface area contributed by atoms with Crippen molar-refractivity contribution in [2.24, 2.45) is 0 Å². The molecule has 3 rings (SSSR count). The van der Waals surface area contributed by atoms with E-state index in [1.54, 1.807) is 0 Å². The van der Waals surface area contributed by atoms with Crippen LogP contribution in [0.2, 0.25) is 0 Å². The number of nitrogen functional groups attached to an aromatic ring is 1. The monoisotopic (exact) mass is 295 g/mol. The van der Waals surface area contributed by atoms with Crippen molar-refractivity contribution in [1.82, 2.24) is 9.97 Å². The molecule has 0 unspecified atom stereocenters. The van der Waals surface area contributed by atoms with Crippen LogP contribution in [0.1, 0.15) is 5.56 Å². The largest absolute Gasteiger partial charge is 0.416 e. The summed E-state index contributed by atoms with van der Waals surface area (Å²) in [5, 5.41) is 0. The van der Waals surface area contributed by atoms with Gasteiger partial charge in [-0.15, -0.1) is 0 Å². The van der Waals surface area contributed by atoms with Gasteiger partial charge in [0.05, 0.1) is 16.6 Å². The minimum atomic E-state index is -4.50. The first-order chi connectivity index (χ1) is 9.83. The molecule has 0 aliphatic heterocycles. The van der Waals surface area contributed by atoms with Crippen LogP contribution >= 0.6 is 0 Å². The van der Waals surface area contributed by atoms with Crippen LogP contribution in [0.5, 0.6) is 0 Å². The number of nitrogens with one attached hydrogen (secondary N) is 1. The lowest BCUT2D eigenvalue weighted by molar-refractivity contribution is -0.137. The van der Waals surface area contributed by atoms with E-state index in [0.717, 1.165) is 12.1 Å². The number of alkyl halides is 3. The van der Waals surface area contributed by atoms with Gasteiger partial charge in [-0.2, -0.15) is 13.2 Å². The van der Waals surface area contributed by atoms with Gasteiger partial charge in [-0.25, -0.2) is 9.37 Å². The van der Waals surface area contributed by atoms with E-state index < -0.39 is 17.6 Å². The van der Waals surface area contributed by atoms with E-state index in [0.29, 0.717) is 11.0 Å². The smallest absolute Gasteiger partial charge is 0.399 e. The summed E-state index contributed by atoms with van der Waals surface area (Å²) in [6.07, 6.45) is -4.50. The molecule has 0 amide bonds. The number of rotatable bonds is 1. The standard InChI is InChI=1S/C14H9F4N3/c15-9-1-2-11-12(6-9)21-13(20-11)7-3-8(14(16,17)18)5-10(19)4-7/h1-6H,19H2,(H,20,21). The van der Waals surface area contributed by atoms with Crippen molar-refractivity contribution in [3.05, 3.63) is 47.8 Å². The van der Waals surface area contributed by atoms with Gasteiger partial charge in [0, 0.05) is 11.3 Å². The van der Waals surface area contributed by atoms with E-state index in [4.69, 9.17) is 5.73 Å². The summed E-state index contributed by atoms with van der Waals surface area (Å²) in [6, 6.07) is 7.08. The molecule has 2 aromatic carbocycles. The Morgan fingerprint density at radius 1 is 1.05 bits per heavy atom. The van der Waals surface area contributed by atoms with Gasteiger partial charge < -0.3 is 10.7 Å². The van der Waals surface area contributed by atoms with Crippen LogP contribution in [0, 0.1) is 5.82 Å². The van der Waals surface area contributed by atoms with Crippen LogP contribution in [0.4, 0.5) is 23.2 Å². The van der Waals surface area contributed by atoms with Crippen LogP contribution in [0.15, 0.2) is 36.4 Å². The molecular weight excluding hydrogens is 286 g/mol. The molecule has 1 heterocycles. The van der Waals surface area contributed by atoms with Gasteiger partial charge in [0.1, 0.15) is 11.6 Å². The normalized spacial score (nSPS) is 12.0. The summed E-state index contributed by atoms with van der Waals surface area (Å²) in [4.78, 5) is 6.93. The fraction of sp³-hybridized carbons (Fsp3) is 0.0714. The lowest BCUT2D eigenvalue weighted by Gasteiger charge is -2.09. The van der Waals surface area contributed by atoms with Gasteiger partial charge in [0.2, 0.25) is 0 Å². The first-order valence-corrected chi connectivity index (χ1v) is 5.96. The maximum absolute atomic E-state index is 13.1. The molecule has 1 aromatic heterocycles.